The maximum Gasteiger partial charge on any atom is 0.325 e. The summed E-state index contributed by atoms with van der Waals surface area (Å²) in [5, 5.41) is 0. The first-order valence-corrected chi connectivity index (χ1v) is 4.44. The van der Waals surface area contributed by atoms with E-state index in [1.807, 2.05) is 0 Å². The van der Waals surface area contributed by atoms with Gasteiger partial charge in [0, 0.05) is 17.2 Å². The van der Waals surface area contributed by atoms with E-state index in [1.54, 1.807) is 13.8 Å². The average Bonchev–Trinajstić information content (AvgIpc) is 2.09. The highest BCUT2D eigenvalue weighted by Crippen LogP contribution is 2.18. The van der Waals surface area contributed by atoms with Crippen LogP contribution in [-0.4, -0.2) is 15.9 Å². The molecule has 4 N–H and O–H groups in total. The lowest BCUT2D eigenvalue weighted by Gasteiger charge is -2.19. The Hall–Kier alpha value is -1.85. The van der Waals surface area contributed by atoms with Crippen molar-refractivity contribution in [2.24, 2.45) is 11.1 Å². The van der Waals surface area contributed by atoms with Gasteiger partial charge in [-0.1, -0.05) is 13.8 Å². The molecule has 0 aliphatic heterocycles. The number of hydrogen-bond acceptors (Lipinski definition) is 3. The van der Waals surface area contributed by atoms with Crippen LogP contribution in [0.4, 0.5) is 0 Å². The van der Waals surface area contributed by atoms with Crippen LogP contribution in [-0.2, 0) is 11.2 Å². The number of nitrogens with two attached hydrogens (primary N) is 1. The van der Waals surface area contributed by atoms with Crippen LogP contribution in [0.1, 0.15) is 19.4 Å². The van der Waals surface area contributed by atoms with Gasteiger partial charge in [0.15, 0.2) is 0 Å². The van der Waals surface area contributed by atoms with Crippen molar-refractivity contribution in [1.29, 1.82) is 0 Å². The molecular formula is C9H13N3O3. The summed E-state index contributed by atoms with van der Waals surface area (Å²) in [4.78, 5) is 37.5. The molecule has 1 rings (SSSR count). The highest BCUT2D eigenvalue weighted by Gasteiger charge is 2.26. The van der Waals surface area contributed by atoms with Crippen LogP contribution in [0.5, 0.6) is 0 Å². The summed E-state index contributed by atoms with van der Waals surface area (Å²) in [6.07, 6.45) is 1.49. The second kappa shape index (κ2) is 3.72. The van der Waals surface area contributed by atoms with E-state index in [2.05, 4.69) is 9.97 Å². The van der Waals surface area contributed by atoms with Gasteiger partial charge < -0.3 is 10.7 Å². The molecule has 1 aromatic rings. The van der Waals surface area contributed by atoms with Gasteiger partial charge in [-0.25, -0.2) is 4.79 Å². The molecule has 0 bridgehead atoms. The van der Waals surface area contributed by atoms with Crippen molar-refractivity contribution in [1.82, 2.24) is 9.97 Å². The minimum absolute atomic E-state index is 0.189. The minimum atomic E-state index is -0.814. The number of rotatable bonds is 3. The fourth-order valence-electron chi connectivity index (χ4n) is 1.13. The summed E-state index contributed by atoms with van der Waals surface area (Å²) < 4.78 is 0. The minimum Gasteiger partial charge on any atom is -0.369 e. The average molecular weight is 211 g/mol. The molecule has 82 valence electrons. The SMILES string of the molecule is CC(C)(Cc1c[nH]c(=O)[nH]c1=O)C(N)=O. The molecular weight excluding hydrogens is 198 g/mol. The van der Waals surface area contributed by atoms with Crippen molar-refractivity contribution in [3.63, 3.8) is 0 Å². The summed E-state index contributed by atoms with van der Waals surface area (Å²) in [7, 11) is 0. The molecule has 0 aliphatic rings. The number of carbonyl (C=O) groups excluding carboxylic acids is 1. The number of amides is 1. The van der Waals surface area contributed by atoms with Gasteiger partial charge in [0.1, 0.15) is 0 Å². The summed E-state index contributed by atoms with van der Waals surface area (Å²) in [6.45, 7) is 3.28. The normalized spacial score (nSPS) is 11.3. The van der Waals surface area contributed by atoms with Crippen molar-refractivity contribution in [2.45, 2.75) is 20.3 Å². The van der Waals surface area contributed by atoms with E-state index in [9.17, 15) is 14.4 Å². The van der Waals surface area contributed by atoms with Crippen molar-refractivity contribution in [2.75, 3.05) is 0 Å². The fourth-order valence-corrected chi connectivity index (χ4v) is 1.13. The third-order valence-corrected chi connectivity index (χ3v) is 2.20. The van der Waals surface area contributed by atoms with Crippen LogP contribution in [0, 0.1) is 5.41 Å². The predicted molar refractivity (Wildman–Crippen MR) is 54.4 cm³/mol. The Morgan fingerprint density at radius 3 is 2.53 bits per heavy atom. The van der Waals surface area contributed by atoms with Crippen LogP contribution in [0.25, 0.3) is 0 Å². The maximum absolute atomic E-state index is 11.3. The molecule has 15 heavy (non-hydrogen) atoms. The van der Waals surface area contributed by atoms with E-state index in [1.165, 1.54) is 6.20 Å². The summed E-state index contributed by atoms with van der Waals surface area (Å²) in [6, 6.07) is 0. The Bertz CT molecular complexity index is 484. The van der Waals surface area contributed by atoms with Crippen molar-refractivity contribution < 1.29 is 4.79 Å². The van der Waals surface area contributed by atoms with E-state index in [0.717, 1.165) is 0 Å². The summed E-state index contributed by atoms with van der Waals surface area (Å²) >= 11 is 0. The Balaban J connectivity index is 3.06. The number of primary amides is 1. The van der Waals surface area contributed by atoms with Crippen LogP contribution < -0.4 is 17.0 Å². The highest BCUT2D eigenvalue weighted by molar-refractivity contribution is 5.80. The second-order valence-corrected chi connectivity index (χ2v) is 4.02. The summed E-state index contributed by atoms with van der Waals surface area (Å²) in [5.74, 6) is -0.492. The molecule has 0 atom stereocenters. The van der Waals surface area contributed by atoms with Crippen molar-refractivity contribution in [3.8, 4) is 0 Å². The monoisotopic (exact) mass is 211 g/mol. The molecule has 0 fully saturated rings. The molecule has 0 aliphatic carbocycles. The molecule has 0 saturated carbocycles. The molecule has 1 heterocycles. The largest absolute Gasteiger partial charge is 0.369 e. The molecule has 6 nitrogen and oxygen atoms in total. The number of carbonyl (C=O) groups is 1. The van der Waals surface area contributed by atoms with E-state index in [0.29, 0.717) is 5.56 Å². The van der Waals surface area contributed by atoms with Gasteiger partial charge in [-0.2, -0.15) is 0 Å². The molecule has 1 aromatic heterocycles. The first kappa shape index (κ1) is 11.2. The van der Waals surface area contributed by atoms with Gasteiger partial charge in [-0.05, 0) is 6.42 Å². The lowest BCUT2D eigenvalue weighted by Crippen LogP contribution is -2.36. The Kier molecular flexibility index (Phi) is 2.78. The number of nitrogens with one attached hydrogen (secondary N) is 2. The quantitative estimate of drug-likeness (QED) is 0.603. The van der Waals surface area contributed by atoms with Crippen molar-refractivity contribution in [3.05, 3.63) is 32.6 Å². The number of aromatic nitrogens is 2. The van der Waals surface area contributed by atoms with Gasteiger partial charge in [-0.3, -0.25) is 14.6 Å². The van der Waals surface area contributed by atoms with E-state index >= 15 is 0 Å². The van der Waals surface area contributed by atoms with E-state index in [-0.39, 0.29) is 6.42 Å². The van der Waals surface area contributed by atoms with Crippen LogP contribution >= 0.6 is 0 Å². The molecule has 0 saturated heterocycles. The molecule has 0 radical (unpaired) electrons. The second-order valence-electron chi connectivity index (χ2n) is 4.02. The summed E-state index contributed by atoms with van der Waals surface area (Å²) in [5.41, 5.74) is 3.63. The number of aromatic amines is 2. The molecule has 0 unspecified atom stereocenters. The molecule has 0 aromatic carbocycles. The van der Waals surface area contributed by atoms with Gasteiger partial charge in [0.05, 0.1) is 0 Å². The zero-order chi connectivity index (χ0) is 11.6. The van der Waals surface area contributed by atoms with Crippen molar-refractivity contribution >= 4 is 5.91 Å². The van der Waals surface area contributed by atoms with Gasteiger partial charge in [-0.15, -0.1) is 0 Å². The van der Waals surface area contributed by atoms with E-state index < -0.39 is 22.6 Å². The first-order valence-electron chi connectivity index (χ1n) is 4.44. The zero-order valence-electron chi connectivity index (χ0n) is 8.59. The lowest BCUT2D eigenvalue weighted by molar-refractivity contribution is -0.125. The van der Waals surface area contributed by atoms with Crippen LogP contribution in [0.15, 0.2) is 15.8 Å². The molecule has 6 heteroatoms. The third kappa shape index (κ3) is 2.55. The Morgan fingerprint density at radius 1 is 1.47 bits per heavy atom. The van der Waals surface area contributed by atoms with Crippen LogP contribution in [0.3, 0.4) is 0 Å². The third-order valence-electron chi connectivity index (χ3n) is 2.20. The number of hydrogen-bond donors (Lipinski definition) is 3. The Morgan fingerprint density at radius 2 is 2.07 bits per heavy atom. The van der Waals surface area contributed by atoms with Gasteiger partial charge in [0.25, 0.3) is 5.56 Å². The standard InChI is InChI=1S/C9H13N3O3/c1-9(2,7(10)14)3-5-4-11-8(15)12-6(5)13/h4H,3H2,1-2H3,(H2,10,14)(H2,11,12,13,15). The lowest BCUT2D eigenvalue weighted by atomic mass is 9.86. The Labute approximate surface area is 85.5 Å². The molecule has 0 spiro atoms. The van der Waals surface area contributed by atoms with Gasteiger partial charge >= 0.3 is 5.69 Å². The molecule has 1 amide bonds. The number of H-pyrrole nitrogens is 2. The smallest absolute Gasteiger partial charge is 0.325 e. The first-order chi connectivity index (χ1) is 6.83. The predicted octanol–water partition coefficient (Wildman–Crippen LogP) is -0.883. The van der Waals surface area contributed by atoms with E-state index in [4.69, 9.17) is 5.73 Å². The van der Waals surface area contributed by atoms with Crippen LogP contribution in [0.2, 0.25) is 0 Å². The topological polar surface area (TPSA) is 109 Å². The highest BCUT2D eigenvalue weighted by atomic mass is 16.2. The maximum atomic E-state index is 11.3. The van der Waals surface area contributed by atoms with Gasteiger partial charge in [0.2, 0.25) is 5.91 Å². The fraction of sp³-hybridized carbons (Fsp3) is 0.444. The zero-order valence-corrected chi connectivity index (χ0v) is 8.59.